The maximum atomic E-state index is 13.0. The molecule has 0 bridgehead atoms. The molecule has 0 aliphatic heterocycles. The number of aromatic nitrogens is 2. The monoisotopic (exact) mass is 424 g/mol. The topological polar surface area (TPSA) is 76.0 Å². The minimum atomic E-state index is -0.228. The molecule has 0 unspecified atom stereocenters. The van der Waals surface area contributed by atoms with E-state index in [9.17, 15) is 9.59 Å². The molecule has 4 rings (SSSR count). The summed E-state index contributed by atoms with van der Waals surface area (Å²) in [6.07, 6.45) is 1.69. The van der Waals surface area contributed by atoms with Crippen molar-refractivity contribution in [3.63, 3.8) is 0 Å². The third kappa shape index (κ3) is 4.59. The Balaban J connectivity index is 1.48. The molecule has 0 fully saturated rings. The van der Waals surface area contributed by atoms with Crippen LogP contribution in [-0.4, -0.2) is 21.4 Å². The molecule has 2 aromatic heterocycles. The Bertz CT molecular complexity index is 1250. The second-order valence-corrected chi connectivity index (χ2v) is 7.49. The molecule has 160 valence electrons. The highest BCUT2D eigenvalue weighted by Crippen LogP contribution is 2.22. The first-order valence-corrected chi connectivity index (χ1v) is 10.4. The van der Waals surface area contributed by atoms with Crippen LogP contribution in [0.5, 0.6) is 0 Å². The van der Waals surface area contributed by atoms with Crippen LogP contribution in [0, 0.1) is 13.8 Å². The van der Waals surface area contributed by atoms with Crippen molar-refractivity contribution in [2.75, 3.05) is 5.32 Å². The number of para-hydroxylation sites is 1. The molecule has 0 aliphatic rings. The quantitative estimate of drug-likeness (QED) is 0.472. The third-order valence-corrected chi connectivity index (χ3v) is 5.23. The lowest BCUT2D eigenvalue weighted by Crippen LogP contribution is -2.23. The van der Waals surface area contributed by atoms with Crippen molar-refractivity contribution in [3.05, 3.63) is 113 Å². The molecule has 2 N–H and O–H groups in total. The molecule has 0 spiro atoms. The predicted octanol–water partition coefficient (Wildman–Crippen LogP) is 4.67. The van der Waals surface area contributed by atoms with Gasteiger partial charge in [-0.1, -0.05) is 30.3 Å². The number of pyridine rings is 1. The zero-order valence-electron chi connectivity index (χ0n) is 18.0. The molecule has 2 heterocycles. The number of anilines is 1. The van der Waals surface area contributed by atoms with E-state index in [0.717, 1.165) is 22.8 Å². The number of hydrogen-bond donors (Lipinski definition) is 2. The van der Waals surface area contributed by atoms with Gasteiger partial charge in [-0.05, 0) is 62.4 Å². The number of nitrogens with one attached hydrogen (secondary N) is 2. The van der Waals surface area contributed by atoms with E-state index in [2.05, 4.69) is 20.2 Å². The van der Waals surface area contributed by atoms with Crippen molar-refractivity contribution < 1.29 is 9.59 Å². The highest BCUT2D eigenvalue weighted by Gasteiger charge is 2.17. The van der Waals surface area contributed by atoms with Gasteiger partial charge in [0, 0.05) is 34.5 Å². The number of rotatable bonds is 6. The highest BCUT2D eigenvalue weighted by atomic mass is 16.2. The van der Waals surface area contributed by atoms with E-state index in [1.165, 1.54) is 0 Å². The van der Waals surface area contributed by atoms with Crippen molar-refractivity contribution in [2.24, 2.45) is 0 Å². The van der Waals surface area contributed by atoms with Crippen LogP contribution in [-0.2, 0) is 6.54 Å². The van der Waals surface area contributed by atoms with Crippen molar-refractivity contribution in [1.29, 1.82) is 0 Å². The average Bonchev–Trinajstić information content (AvgIpc) is 3.12. The van der Waals surface area contributed by atoms with Crippen LogP contribution in [0.4, 0.5) is 5.69 Å². The Morgan fingerprint density at radius 3 is 2.41 bits per heavy atom. The highest BCUT2D eigenvalue weighted by molar-refractivity contribution is 6.06. The first kappa shape index (κ1) is 21.1. The maximum Gasteiger partial charge on any atom is 0.257 e. The summed E-state index contributed by atoms with van der Waals surface area (Å²) >= 11 is 0. The number of benzene rings is 2. The molecular weight excluding hydrogens is 400 g/mol. The van der Waals surface area contributed by atoms with Crippen LogP contribution in [0.15, 0.2) is 85.1 Å². The summed E-state index contributed by atoms with van der Waals surface area (Å²) in [7, 11) is 0. The molecule has 2 aromatic carbocycles. The fourth-order valence-electron chi connectivity index (χ4n) is 3.68. The second-order valence-electron chi connectivity index (χ2n) is 7.49. The Morgan fingerprint density at radius 1 is 0.875 bits per heavy atom. The van der Waals surface area contributed by atoms with E-state index in [1.807, 2.05) is 68.4 Å². The van der Waals surface area contributed by atoms with Crippen LogP contribution >= 0.6 is 0 Å². The number of hydrogen-bond acceptors (Lipinski definition) is 3. The lowest BCUT2D eigenvalue weighted by atomic mass is 10.1. The lowest BCUT2D eigenvalue weighted by Gasteiger charge is -2.10. The molecule has 0 radical (unpaired) electrons. The molecule has 2 amide bonds. The summed E-state index contributed by atoms with van der Waals surface area (Å²) in [5, 5.41) is 5.76. The Morgan fingerprint density at radius 2 is 1.66 bits per heavy atom. The van der Waals surface area contributed by atoms with Crippen LogP contribution in [0.2, 0.25) is 0 Å². The van der Waals surface area contributed by atoms with E-state index in [0.29, 0.717) is 23.4 Å². The number of aryl methyl sites for hydroxylation is 1. The molecule has 0 atom stereocenters. The van der Waals surface area contributed by atoms with Crippen molar-refractivity contribution in [2.45, 2.75) is 20.4 Å². The summed E-state index contributed by atoms with van der Waals surface area (Å²) < 4.78 is 2.05. The molecule has 0 saturated carbocycles. The van der Waals surface area contributed by atoms with Crippen LogP contribution < -0.4 is 10.6 Å². The van der Waals surface area contributed by atoms with E-state index >= 15 is 0 Å². The van der Waals surface area contributed by atoms with Gasteiger partial charge >= 0.3 is 0 Å². The van der Waals surface area contributed by atoms with Gasteiger partial charge in [-0.25, -0.2) is 0 Å². The molecule has 32 heavy (non-hydrogen) atoms. The first-order valence-electron chi connectivity index (χ1n) is 10.4. The van der Waals surface area contributed by atoms with Gasteiger partial charge in [0.2, 0.25) is 0 Å². The third-order valence-electron chi connectivity index (χ3n) is 5.23. The summed E-state index contributed by atoms with van der Waals surface area (Å²) in [5.74, 6) is -0.444. The molecule has 0 saturated heterocycles. The lowest BCUT2D eigenvalue weighted by molar-refractivity contribution is 0.0949. The SMILES string of the molecule is Cc1cc(C(=O)Nc2cccc(C(=O)NCc3ccccn3)c2)c(C)n1-c1ccccc1. The van der Waals surface area contributed by atoms with Crippen LogP contribution in [0.25, 0.3) is 5.69 Å². The van der Waals surface area contributed by atoms with Gasteiger partial charge in [-0.2, -0.15) is 0 Å². The van der Waals surface area contributed by atoms with Crippen LogP contribution in [0.1, 0.15) is 37.8 Å². The van der Waals surface area contributed by atoms with Crippen molar-refractivity contribution in [1.82, 2.24) is 14.9 Å². The van der Waals surface area contributed by atoms with Crippen LogP contribution in [0.3, 0.4) is 0 Å². The number of amides is 2. The average molecular weight is 425 g/mol. The van der Waals surface area contributed by atoms with Crippen molar-refractivity contribution >= 4 is 17.5 Å². The zero-order valence-corrected chi connectivity index (χ0v) is 18.0. The second kappa shape index (κ2) is 9.31. The summed E-state index contributed by atoms with van der Waals surface area (Å²) in [5.41, 5.74) is 5.24. The molecule has 6 nitrogen and oxygen atoms in total. The molecule has 6 heteroatoms. The fourth-order valence-corrected chi connectivity index (χ4v) is 3.68. The first-order chi connectivity index (χ1) is 15.5. The summed E-state index contributed by atoms with van der Waals surface area (Å²) in [4.78, 5) is 29.7. The van der Waals surface area contributed by atoms with Gasteiger partial charge in [-0.3, -0.25) is 14.6 Å². The van der Waals surface area contributed by atoms with Gasteiger partial charge in [0.15, 0.2) is 0 Å². The van der Waals surface area contributed by atoms with Gasteiger partial charge in [0.1, 0.15) is 0 Å². The van der Waals surface area contributed by atoms with Crippen molar-refractivity contribution in [3.8, 4) is 5.69 Å². The van der Waals surface area contributed by atoms with E-state index in [-0.39, 0.29) is 11.8 Å². The Kier molecular flexibility index (Phi) is 6.12. The summed E-state index contributed by atoms with van der Waals surface area (Å²) in [6, 6.07) is 24.2. The van der Waals surface area contributed by atoms with E-state index in [1.54, 1.807) is 30.5 Å². The zero-order chi connectivity index (χ0) is 22.5. The minimum absolute atomic E-state index is 0.216. The maximum absolute atomic E-state index is 13.0. The largest absolute Gasteiger partial charge is 0.346 e. The normalized spacial score (nSPS) is 10.6. The van der Waals surface area contributed by atoms with Gasteiger partial charge < -0.3 is 15.2 Å². The van der Waals surface area contributed by atoms with Gasteiger partial charge in [-0.15, -0.1) is 0 Å². The predicted molar refractivity (Wildman–Crippen MR) is 125 cm³/mol. The standard InChI is InChI=1S/C26H24N4O2/c1-18-15-24(19(2)30(18)23-12-4-3-5-13-23)26(32)29-21-11-8-9-20(16-21)25(31)28-17-22-10-6-7-14-27-22/h3-16H,17H2,1-2H3,(H,28,31)(H,29,32). The van der Waals surface area contributed by atoms with Gasteiger partial charge in [0.05, 0.1) is 17.8 Å². The fraction of sp³-hybridized carbons (Fsp3) is 0.115. The molecule has 0 aliphatic carbocycles. The number of nitrogens with zero attached hydrogens (tertiary/aromatic N) is 2. The summed E-state index contributed by atoms with van der Waals surface area (Å²) in [6.45, 7) is 4.24. The number of carbonyl (C=O) groups excluding carboxylic acids is 2. The Hall–Kier alpha value is -4.19. The van der Waals surface area contributed by atoms with E-state index < -0.39 is 0 Å². The Labute approximate surface area is 186 Å². The molecule has 4 aromatic rings. The molecular formula is C26H24N4O2. The smallest absolute Gasteiger partial charge is 0.257 e. The minimum Gasteiger partial charge on any atom is -0.346 e. The van der Waals surface area contributed by atoms with Gasteiger partial charge in [0.25, 0.3) is 11.8 Å². The number of carbonyl (C=O) groups is 2. The van der Waals surface area contributed by atoms with E-state index in [4.69, 9.17) is 0 Å².